The largest absolute Gasteiger partial charge is 0.465 e. The second-order valence-electron chi connectivity index (χ2n) is 12.1. The van der Waals surface area contributed by atoms with Crippen LogP contribution < -0.4 is 21.3 Å². The Balaban J connectivity index is 0.000000300. The zero-order chi connectivity index (χ0) is 41.7. The number of rotatable bonds is 14. The third-order valence-electron chi connectivity index (χ3n) is 8.11. The summed E-state index contributed by atoms with van der Waals surface area (Å²) in [5.41, 5.74) is 16.8. The SMILES string of the molecule is CCOC(=O)C(C(=O)OCC)c1sc(N)c(C#N)c1-c1ccc(N(C)C)cc1.CCOC(=O)C(C(=O)OCC)c1sc(N)c(C#N)c1-c1ccc(N(C)C)cc1. The molecule has 2 aromatic heterocycles. The molecule has 296 valence electrons. The van der Waals surface area contributed by atoms with Gasteiger partial charge < -0.3 is 40.2 Å². The van der Waals surface area contributed by atoms with Crippen molar-refractivity contribution >= 4 is 67.9 Å². The van der Waals surface area contributed by atoms with E-state index in [1.54, 1.807) is 27.7 Å². The molecule has 4 rings (SSSR count). The topological polar surface area (TPSA) is 211 Å². The molecule has 2 heterocycles. The maximum Gasteiger partial charge on any atom is 0.325 e. The first-order valence-corrected chi connectivity index (χ1v) is 19.2. The van der Waals surface area contributed by atoms with E-state index in [1.807, 2.05) is 86.5 Å². The number of nitrogens with zero attached hydrogens (tertiary/aromatic N) is 4. The zero-order valence-electron chi connectivity index (χ0n) is 32.6. The Labute approximate surface area is 334 Å². The van der Waals surface area contributed by atoms with Crippen LogP contribution in [-0.4, -0.2) is 78.5 Å². The number of ether oxygens (including phenoxy) is 4. The van der Waals surface area contributed by atoms with Gasteiger partial charge in [0.1, 0.15) is 22.1 Å². The maximum absolute atomic E-state index is 12.5. The van der Waals surface area contributed by atoms with Crippen LogP contribution in [-0.2, 0) is 38.1 Å². The van der Waals surface area contributed by atoms with Gasteiger partial charge in [-0.1, -0.05) is 24.3 Å². The summed E-state index contributed by atoms with van der Waals surface area (Å²) in [6.07, 6.45) is 0. The Morgan fingerprint density at radius 3 is 1.05 bits per heavy atom. The van der Waals surface area contributed by atoms with E-state index >= 15 is 0 Å². The van der Waals surface area contributed by atoms with E-state index in [0.717, 1.165) is 34.0 Å². The molecule has 0 aliphatic rings. The molecule has 0 fully saturated rings. The van der Waals surface area contributed by atoms with Crippen molar-refractivity contribution in [3.05, 3.63) is 69.4 Å². The molecular weight excluding hydrogens is 757 g/mol. The van der Waals surface area contributed by atoms with Crippen LogP contribution in [0.3, 0.4) is 0 Å². The number of esters is 4. The number of thiophene rings is 2. The van der Waals surface area contributed by atoms with E-state index in [9.17, 15) is 29.7 Å². The molecule has 0 unspecified atom stereocenters. The molecule has 0 atom stereocenters. The van der Waals surface area contributed by atoms with Crippen LogP contribution in [0.25, 0.3) is 22.3 Å². The molecule has 4 aromatic rings. The van der Waals surface area contributed by atoms with Crippen LogP contribution in [0.4, 0.5) is 21.4 Å². The third kappa shape index (κ3) is 10.1. The molecular formula is C40H46N6O8S2. The highest BCUT2D eigenvalue weighted by Crippen LogP contribution is 2.45. The summed E-state index contributed by atoms with van der Waals surface area (Å²) in [5.74, 6) is -5.48. The van der Waals surface area contributed by atoms with Crippen LogP contribution in [0.2, 0.25) is 0 Å². The summed E-state index contributed by atoms with van der Waals surface area (Å²) < 4.78 is 20.3. The summed E-state index contributed by atoms with van der Waals surface area (Å²) in [4.78, 5) is 54.8. The van der Waals surface area contributed by atoms with Gasteiger partial charge in [-0.2, -0.15) is 10.5 Å². The highest BCUT2D eigenvalue weighted by atomic mass is 32.1. The molecule has 0 aliphatic carbocycles. The van der Waals surface area contributed by atoms with E-state index in [4.69, 9.17) is 30.4 Å². The molecule has 0 saturated heterocycles. The molecule has 4 N–H and O–H groups in total. The summed E-state index contributed by atoms with van der Waals surface area (Å²) in [6.45, 7) is 7.10. The van der Waals surface area contributed by atoms with Crippen molar-refractivity contribution < 1.29 is 38.1 Å². The molecule has 2 aromatic carbocycles. The lowest BCUT2D eigenvalue weighted by Crippen LogP contribution is -2.26. The molecule has 14 nitrogen and oxygen atoms in total. The molecule has 56 heavy (non-hydrogen) atoms. The smallest absolute Gasteiger partial charge is 0.325 e. The number of hydrogen-bond acceptors (Lipinski definition) is 16. The third-order valence-corrected chi connectivity index (χ3v) is 10.3. The zero-order valence-corrected chi connectivity index (χ0v) is 34.3. The number of benzene rings is 2. The molecule has 0 saturated carbocycles. The highest BCUT2D eigenvalue weighted by Gasteiger charge is 2.38. The monoisotopic (exact) mass is 802 g/mol. The Morgan fingerprint density at radius 2 is 0.839 bits per heavy atom. The van der Waals surface area contributed by atoms with Crippen LogP contribution in [0.1, 0.15) is 60.4 Å². The van der Waals surface area contributed by atoms with Crippen LogP contribution >= 0.6 is 22.7 Å². The van der Waals surface area contributed by atoms with Crippen molar-refractivity contribution in [1.82, 2.24) is 0 Å². The Morgan fingerprint density at radius 1 is 0.571 bits per heavy atom. The van der Waals surface area contributed by atoms with Gasteiger partial charge in [0.2, 0.25) is 0 Å². The van der Waals surface area contributed by atoms with Gasteiger partial charge in [0.15, 0.2) is 11.8 Å². The Bertz CT molecular complexity index is 1910. The fraction of sp³-hybridized carbons (Fsp3) is 0.350. The molecule has 0 amide bonds. The van der Waals surface area contributed by atoms with Crippen LogP contribution in [0, 0.1) is 22.7 Å². The highest BCUT2D eigenvalue weighted by molar-refractivity contribution is 7.17. The lowest BCUT2D eigenvalue weighted by atomic mass is 9.95. The van der Waals surface area contributed by atoms with Crippen molar-refractivity contribution in [1.29, 1.82) is 10.5 Å². The van der Waals surface area contributed by atoms with Crippen LogP contribution in [0.5, 0.6) is 0 Å². The van der Waals surface area contributed by atoms with Crippen molar-refractivity contribution in [2.24, 2.45) is 0 Å². The number of nitrogen functional groups attached to an aromatic ring is 2. The summed E-state index contributed by atoms with van der Waals surface area (Å²) in [7, 11) is 7.67. The number of carbonyl (C=O) groups excluding carboxylic acids is 4. The number of carbonyl (C=O) groups is 4. The van der Waals surface area contributed by atoms with Crippen molar-refractivity contribution in [3.63, 3.8) is 0 Å². The second kappa shape index (κ2) is 20.5. The van der Waals surface area contributed by atoms with Crippen LogP contribution in [0.15, 0.2) is 48.5 Å². The predicted octanol–water partition coefficient (Wildman–Crippen LogP) is 6.29. The molecule has 0 spiro atoms. The van der Waals surface area contributed by atoms with Gasteiger partial charge in [0, 0.05) is 60.4 Å². The van der Waals surface area contributed by atoms with Crippen molar-refractivity contribution in [3.8, 4) is 34.4 Å². The molecule has 16 heteroatoms. The Kier molecular flexibility index (Phi) is 16.3. The van der Waals surface area contributed by atoms with Crippen molar-refractivity contribution in [2.75, 3.05) is 75.9 Å². The lowest BCUT2D eigenvalue weighted by molar-refractivity contribution is -0.158. The van der Waals surface area contributed by atoms with E-state index in [-0.39, 0.29) is 47.6 Å². The molecule has 0 aliphatic heterocycles. The minimum atomic E-state index is -1.29. The fourth-order valence-electron chi connectivity index (χ4n) is 5.51. The van der Waals surface area contributed by atoms with Gasteiger partial charge in [-0.3, -0.25) is 19.2 Å². The second-order valence-corrected chi connectivity index (χ2v) is 14.3. The number of anilines is 4. The number of nitriles is 2. The minimum absolute atomic E-state index is 0.119. The Hall–Kier alpha value is -6.10. The summed E-state index contributed by atoms with van der Waals surface area (Å²) in [6, 6.07) is 19.0. The first-order valence-electron chi connectivity index (χ1n) is 17.6. The average molecular weight is 803 g/mol. The normalized spacial score (nSPS) is 10.4. The standard InChI is InChI=1S/2C20H23N3O4S/c2*1-5-26-19(24)16(20(25)27-6-2)17-15(14(11-21)18(22)28-17)12-7-9-13(10-8-12)23(3)4/h2*7-10,16H,5-6,22H2,1-4H3. The maximum atomic E-state index is 12.5. The first-order chi connectivity index (χ1) is 26.7. The molecule has 0 bridgehead atoms. The van der Waals surface area contributed by atoms with E-state index < -0.39 is 35.7 Å². The van der Waals surface area contributed by atoms with Gasteiger partial charge in [-0.05, 0) is 63.1 Å². The lowest BCUT2D eigenvalue weighted by Gasteiger charge is -2.16. The van der Waals surface area contributed by atoms with Gasteiger partial charge in [-0.25, -0.2) is 0 Å². The first kappa shape index (κ1) is 44.3. The summed E-state index contributed by atoms with van der Waals surface area (Å²) >= 11 is 2.06. The number of hydrogen-bond donors (Lipinski definition) is 2. The van der Waals surface area contributed by atoms with Gasteiger partial charge in [0.25, 0.3) is 0 Å². The van der Waals surface area contributed by atoms with Crippen molar-refractivity contribution in [2.45, 2.75) is 39.5 Å². The quantitative estimate of drug-likeness (QED) is 0.0816. The summed E-state index contributed by atoms with van der Waals surface area (Å²) in [5, 5.41) is 19.7. The minimum Gasteiger partial charge on any atom is -0.465 e. The van der Waals surface area contributed by atoms with E-state index in [1.165, 1.54) is 0 Å². The van der Waals surface area contributed by atoms with Gasteiger partial charge in [-0.15, -0.1) is 22.7 Å². The predicted molar refractivity (Wildman–Crippen MR) is 218 cm³/mol. The molecule has 0 radical (unpaired) electrons. The van der Waals surface area contributed by atoms with Gasteiger partial charge in [0.05, 0.1) is 37.6 Å². The fourth-order valence-corrected chi connectivity index (χ4v) is 7.75. The number of nitrogens with two attached hydrogens (primary N) is 2. The van der Waals surface area contributed by atoms with E-state index in [0.29, 0.717) is 32.0 Å². The van der Waals surface area contributed by atoms with Gasteiger partial charge >= 0.3 is 23.9 Å². The van der Waals surface area contributed by atoms with E-state index in [2.05, 4.69) is 12.1 Å². The average Bonchev–Trinajstić information content (AvgIpc) is 3.67.